The normalized spacial score (nSPS) is 23.8. The summed E-state index contributed by atoms with van der Waals surface area (Å²) in [7, 11) is 1.65. The molecule has 1 aliphatic rings. The molecule has 118 valence electrons. The number of benzene rings is 1. The van der Waals surface area contributed by atoms with Crippen LogP contribution < -0.4 is 10.1 Å². The van der Waals surface area contributed by atoms with E-state index in [2.05, 4.69) is 12.2 Å². The van der Waals surface area contributed by atoms with Gasteiger partial charge in [0.2, 0.25) is 0 Å². The standard InChI is InChI=1S/C18H29NO2/c1-4-14-6-8-15(9-7-14)19-12-17(20)16-11-13(2)5-10-18(16)21-3/h5,10-11,14-15,17,19-20H,4,6-9,12H2,1-3H3. The van der Waals surface area contributed by atoms with Gasteiger partial charge in [0.15, 0.2) is 0 Å². The largest absolute Gasteiger partial charge is 0.496 e. The fourth-order valence-corrected chi connectivity index (χ4v) is 3.28. The van der Waals surface area contributed by atoms with E-state index in [1.807, 2.05) is 25.1 Å². The third kappa shape index (κ3) is 4.45. The van der Waals surface area contributed by atoms with Crippen molar-refractivity contribution >= 4 is 0 Å². The van der Waals surface area contributed by atoms with E-state index in [1.54, 1.807) is 7.11 Å². The van der Waals surface area contributed by atoms with E-state index in [0.717, 1.165) is 22.8 Å². The SMILES string of the molecule is CCC1CCC(NCC(O)c2cc(C)ccc2OC)CC1. The molecule has 3 nitrogen and oxygen atoms in total. The molecule has 2 N–H and O–H groups in total. The third-order valence-electron chi connectivity index (χ3n) is 4.77. The van der Waals surface area contributed by atoms with Crippen LogP contribution in [0.3, 0.4) is 0 Å². The molecule has 0 aliphatic heterocycles. The highest BCUT2D eigenvalue weighted by Gasteiger charge is 2.21. The Bertz CT molecular complexity index is 439. The Kier molecular flexibility index (Phi) is 6.07. The lowest BCUT2D eigenvalue weighted by atomic mass is 9.84. The quantitative estimate of drug-likeness (QED) is 0.841. The number of ether oxygens (including phenoxy) is 1. The van der Waals surface area contributed by atoms with Gasteiger partial charge in [0.25, 0.3) is 0 Å². The molecule has 21 heavy (non-hydrogen) atoms. The van der Waals surface area contributed by atoms with E-state index < -0.39 is 6.10 Å². The predicted molar refractivity (Wildman–Crippen MR) is 86.7 cm³/mol. The number of aliphatic hydroxyl groups is 1. The van der Waals surface area contributed by atoms with Crippen molar-refractivity contribution in [1.29, 1.82) is 0 Å². The lowest BCUT2D eigenvalue weighted by molar-refractivity contribution is 0.158. The van der Waals surface area contributed by atoms with Crippen molar-refractivity contribution in [2.45, 2.75) is 58.1 Å². The van der Waals surface area contributed by atoms with Crippen molar-refractivity contribution in [2.24, 2.45) is 5.92 Å². The van der Waals surface area contributed by atoms with Gasteiger partial charge >= 0.3 is 0 Å². The maximum absolute atomic E-state index is 10.4. The average Bonchev–Trinajstić information content (AvgIpc) is 2.53. The second-order valence-electron chi connectivity index (χ2n) is 6.30. The van der Waals surface area contributed by atoms with Crippen LogP contribution in [-0.4, -0.2) is 24.8 Å². The molecule has 1 saturated carbocycles. The van der Waals surface area contributed by atoms with Crippen LogP contribution in [0.2, 0.25) is 0 Å². The topological polar surface area (TPSA) is 41.5 Å². The zero-order chi connectivity index (χ0) is 15.2. The fraction of sp³-hybridized carbons (Fsp3) is 0.667. The average molecular weight is 291 g/mol. The van der Waals surface area contributed by atoms with Gasteiger partial charge in [-0.2, -0.15) is 0 Å². The Morgan fingerprint density at radius 1 is 1.29 bits per heavy atom. The van der Waals surface area contributed by atoms with Gasteiger partial charge in [-0.25, -0.2) is 0 Å². The third-order valence-corrected chi connectivity index (χ3v) is 4.77. The first kappa shape index (κ1) is 16.3. The van der Waals surface area contributed by atoms with Gasteiger partial charge in [0, 0.05) is 18.2 Å². The van der Waals surface area contributed by atoms with E-state index in [0.29, 0.717) is 12.6 Å². The lowest BCUT2D eigenvalue weighted by Gasteiger charge is -2.29. The minimum Gasteiger partial charge on any atom is -0.496 e. The number of methoxy groups -OCH3 is 1. The summed E-state index contributed by atoms with van der Waals surface area (Å²) in [4.78, 5) is 0. The van der Waals surface area contributed by atoms with E-state index in [4.69, 9.17) is 4.74 Å². The van der Waals surface area contributed by atoms with Crippen molar-refractivity contribution in [3.05, 3.63) is 29.3 Å². The lowest BCUT2D eigenvalue weighted by Crippen LogP contribution is -2.35. The monoisotopic (exact) mass is 291 g/mol. The van der Waals surface area contributed by atoms with Gasteiger partial charge in [0.1, 0.15) is 5.75 Å². The van der Waals surface area contributed by atoms with Crippen molar-refractivity contribution in [2.75, 3.05) is 13.7 Å². The molecule has 0 saturated heterocycles. The maximum Gasteiger partial charge on any atom is 0.124 e. The summed E-state index contributed by atoms with van der Waals surface area (Å²) in [6.45, 7) is 4.92. The maximum atomic E-state index is 10.4. The van der Waals surface area contributed by atoms with Gasteiger partial charge < -0.3 is 15.2 Å². The molecule has 0 bridgehead atoms. The highest BCUT2D eigenvalue weighted by atomic mass is 16.5. The minimum absolute atomic E-state index is 0.510. The molecule has 1 aliphatic carbocycles. The molecule has 0 radical (unpaired) electrons. The summed E-state index contributed by atoms with van der Waals surface area (Å²) in [5, 5.41) is 14.0. The summed E-state index contributed by atoms with van der Waals surface area (Å²) >= 11 is 0. The number of hydrogen-bond donors (Lipinski definition) is 2. The molecule has 3 heteroatoms. The first-order chi connectivity index (χ1) is 10.1. The van der Waals surface area contributed by atoms with Gasteiger partial charge in [-0.3, -0.25) is 0 Å². The molecule has 1 aromatic carbocycles. The van der Waals surface area contributed by atoms with Crippen molar-refractivity contribution in [1.82, 2.24) is 5.32 Å². The van der Waals surface area contributed by atoms with Crippen LogP contribution in [0.25, 0.3) is 0 Å². The first-order valence-corrected chi connectivity index (χ1v) is 8.20. The summed E-state index contributed by atoms with van der Waals surface area (Å²) in [5.41, 5.74) is 2.03. The molecule has 1 aromatic rings. The van der Waals surface area contributed by atoms with Crippen molar-refractivity contribution in [3.8, 4) is 5.75 Å². The first-order valence-electron chi connectivity index (χ1n) is 8.20. The van der Waals surface area contributed by atoms with Crippen LogP contribution in [0.5, 0.6) is 5.75 Å². The zero-order valence-corrected chi connectivity index (χ0v) is 13.6. The van der Waals surface area contributed by atoms with Crippen molar-refractivity contribution in [3.63, 3.8) is 0 Å². The zero-order valence-electron chi connectivity index (χ0n) is 13.6. The van der Waals surface area contributed by atoms with E-state index in [-0.39, 0.29) is 0 Å². The van der Waals surface area contributed by atoms with Crippen LogP contribution >= 0.6 is 0 Å². The number of nitrogens with one attached hydrogen (secondary N) is 1. The smallest absolute Gasteiger partial charge is 0.124 e. The van der Waals surface area contributed by atoms with Crippen LogP contribution in [0.15, 0.2) is 18.2 Å². The summed E-state index contributed by atoms with van der Waals surface area (Å²) in [6.07, 6.45) is 5.89. The van der Waals surface area contributed by atoms with Crippen LogP contribution in [0.1, 0.15) is 56.3 Å². The number of aryl methyl sites for hydroxylation is 1. The molecule has 2 rings (SSSR count). The number of hydrogen-bond acceptors (Lipinski definition) is 3. The molecule has 0 aromatic heterocycles. The summed E-state index contributed by atoms with van der Waals surface area (Å²) in [6, 6.07) is 6.51. The van der Waals surface area contributed by atoms with E-state index in [9.17, 15) is 5.11 Å². The van der Waals surface area contributed by atoms with Crippen molar-refractivity contribution < 1.29 is 9.84 Å². The summed E-state index contributed by atoms with van der Waals surface area (Å²) < 4.78 is 5.35. The second-order valence-corrected chi connectivity index (χ2v) is 6.30. The molecular weight excluding hydrogens is 262 g/mol. The Morgan fingerprint density at radius 3 is 2.62 bits per heavy atom. The molecule has 1 fully saturated rings. The van der Waals surface area contributed by atoms with E-state index in [1.165, 1.54) is 32.1 Å². The number of rotatable bonds is 6. The van der Waals surface area contributed by atoms with Crippen LogP contribution in [-0.2, 0) is 0 Å². The highest BCUT2D eigenvalue weighted by molar-refractivity contribution is 5.38. The van der Waals surface area contributed by atoms with Gasteiger partial charge in [-0.1, -0.05) is 25.0 Å². The summed E-state index contributed by atoms with van der Waals surface area (Å²) in [5.74, 6) is 1.68. The molecule has 0 heterocycles. The Hall–Kier alpha value is -1.06. The molecule has 1 atom stereocenters. The van der Waals surface area contributed by atoms with Crippen LogP contribution in [0.4, 0.5) is 0 Å². The Morgan fingerprint density at radius 2 is 2.00 bits per heavy atom. The number of aliphatic hydroxyl groups excluding tert-OH is 1. The van der Waals surface area contributed by atoms with E-state index >= 15 is 0 Å². The molecule has 0 spiro atoms. The minimum atomic E-state index is -0.510. The second kappa shape index (κ2) is 7.81. The predicted octanol–water partition coefficient (Wildman–Crippen LogP) is 3.60. The Labute approximate surface area is 128 Å². The van der Waals surface area contributed by atoms with Gasteiger partial charge in [-0.15, -0.1) is 0 Å². The van der Waals surface area contributed by atoms with Crippen LogP contribution in [0, 0.1) is 12.8 Å². The fourth-order valence-electron chi connectivity index (χ4n) is 3.28. The van der Waals surface area contributed by atoms with Gasteiger partial charge in [-0.05, 0) is 50.7 Å². The Balaban J connectivity index is 1.87. The molecule has 0 amide bonds. The highest BCUT2D eigenvalue weighted by Crippen LogP contribution is 2.28. The molecular formula is C18H29NO2. The molecule has 1 unspecified atom stereocenters. The van der Waals surface area contributed by atoms with Gasteiger partial charge in [0.05, 0.1) is 13.2 Å².